The molecule has 2 atom stereocenters. The minimum Gasteiger partial charge on any atom is -0.340 e. The van der Waals surface area contributed by atoms with Gasteiger partial charge in [-0.05, 0) is 33.8 Å². The molecular formula is C16H23NO3S2. The largest absolute Gasteiger partial charge is 0.340 e. The van der Waals surface area contributed by atoms with Crippen molar-refractivity contribution < 1.29 is 13.8 Å². The van der Waals surface area contributed by atoms with E-state index in [0.717, 1.165) is 15.3 Å². The molecule has 1 aliphatic rings. The highest BCUT2D eigenvalue weighted by molar-refractivity contribution is 7.86. The molecule has 2 unspecified atom stereocenters. The van der Waals surface area contributed by atoms with E-state index in [9.17, 15) is 13.8 Å². The van der Waals surface area contributed by atoms with Crippen LogP contribution in [0.25, 0.3) is 0 Å². The SMILES string of the molecule is Cc1cc(C(=O)CCC(=O)N2CC(C)S(=O)C(C)C2)c(C)s1. The molecule has 122 valence electrons. The molecule has 0 N–H and O–H groups in total. The molecule has 1 saturated heterocycles. The Morgan fingerprint density at radius 3 is 2.32 bits per heavy atom. The van der Waals surface area contributed by atoms with Gasteiger partial charge in [0.25, 0.3) is 0 Å². The Bertz CT molecular complexity index is 595. The van der Waals surface area contributed by atoms with Crippen LogP contribution in [0.4, 0.5) is 0 Å². The summed E-state index contributed by atoms with van der Waals surface area (Å²) in [7, 11) is -0.869. The van der Waals surface area contributed by atoms with Crippen LogP contribution in [0.15, 0.2) is 6.07 Å². The van der Waals surface area contributed by atoms with E-state index in [1.807, 2.05) is 33.8 Å². The van der Waals surface area contributed by atoms with Crippen molar-refractivity contribution >= 4 is 33.8 Å². The maximum absolute atomic E-state index is 12.3. The second kappa shape index (κ2) is 7.04. The highest BCUT2D eigenvalue weighted by Crippen LogP contribution is 2.23. The first-order valence-corrected chi connectivity index (χ1v) is 9.66. The van der Waals surface area contributed by atoms with Crippen molar-refractivity contribution in [2.75, 3.05) is 13.1 Å². The van der Waals surface area contributed by atoms with E-state index in [0.29, 0.717) is 13.1 Å². The van der Waals surface area contributed by atoms with Gasteiger partial charge in [0.05, 0.1) is 0 Å². The fourth-order valence-electron chi connectivity index (χ4n) is 2.86. The lowest BCUT2D eigenvalue weighted by atomic mass is 10.1. The summed E-state index contributed by atoms with van der Waals surface area (Å²) in [4.78, 5) is 28.4. The molecule has 0 aromatic carbocycles. The van der Waals surface area contributed by atoms with Gasteiger partial charge in [0.2, 0.25) is 5.91 Å². The van der Waals surface area contributed by atoms with Crippen LogP contribution in [-0.2, 0) is 15.6 Å². The van der Waals surface area contributed by atoms with E-state index in [4.69, 9.17) is 0 Å². The Balaban J connectivity index is 1.91. The molecule has 1 aliphatic heterocycles. The lowest BCUT2D eigenvalue weighted by Gasteiger charge is -2.34. The van der Waals surface area contributed by atoms with Gasteiger partial charge in [-0.15, -0.1) is 11.3 Å². The van der Waals surface area contributed by atoms with Gasteiger partial charge in [-0.3, -0.25) is 13.8 Å². The highest BCUT2D eigenvalue weighted by atomic mass is 32.2. The zero-order chi connectivity index (χ0) is 16.4. The lowest BCUT2D eigenvalue weighted by Crippen LogP contribution is -2.49. The van der Waals surface area contributed by atoms with Crippen molar-refractivity contribution in [2.24, 2.45) is 0 Å². The molecule has 0 radical (unpaired) electrons. The maximum Gasteiger partial charge on any atom is 0.223 e. The first-order chi connectivity index (χ1) is 10.3. The van der Waals surface area contributed by atoms with Crippen LogP contribution in [-0.4, -0.2) is 44.4 Å². The van der Waals surface area contributed by atoms with Crippen molar-refractivity contribution in [3.8, 4) is 0 Å². The summed E-state index contributed by atoms with van der Waals surface area (Å²) in [6.07, 6.45) is 0.484. The maximum atomic E-state index is 12.3. The Morgan fingerprint density at radius 1 is 1.23 bits per heavy atom. The smallest absolute Gasteiger partial charge is 0.223 e. The second-order valence-corrected chi connectivity index (χ2v) is 9.73. The fourth-order valence-corrected chi connectivity index (χ4v) is 5.25. The van der Waals surface area contributed by atoms with Gasteiger partial charge in [0, 0.05) is 62.5 Å². The van der Waals surface area contributed by atoms with E-state index < -0.39 is 10.8 Å². The molecule has 0 aliphatic carbocycles. The third-order valence-corrected chi connectivity index (χ3v) is 6.86. The molecule has 2 heterocycles. The number of carbonyl (C=O) groups is 2. The van der Waals surface area contributed by atoms with Crippen LogP contribution in [0.1, 0.15) is 46.8 Å². The summed E-state index contributed by atoms with van der Waals surface area (Å²) in [5.74, 6) is 0.0326. The number of Topliss-reactive ketones (excluding diaryl/α,β-unsaturated/α-hetero) is 1. The Labute approximate surface area is 138 Å². The second-order valence-electron chi connectivity index (χ2n) is 6.00. The van der Waals surface area contributed by atoms with Crippen molar-refractivity contribution in [1.29, 1.82) is 0 Å². The number of hydrogen-bond donors (Lipinski definition) is 0. The average molecular weight is 341 g/mol. The van der Waals surface area contributed by atoms with Crippen molar-refractivity contribution in [3.05, 3.63) is 21.4 Å². The molecule has 22 heavy (non-hydrogen) atoms. The number of amides is 1. The van der Waals surface area contributed by atoms with E-state index in [-0.39, 0.29) is 35.0 Å². The van der Waals surface area contributed by atoms with Gasteiger partial charge in [-0.2, -0.15) is 0 Å². The number of rotatable bonds is 4. The molecule has 1 amide bonds. The minimum atomic E-state index is -0.869. The van der Waals surface area contributed by atoms with Crippen molar-refractivity contribution in [3.63, 3.8) is 0 Å². The number of nitrogens with zero attached hydrogens (tertiary/aromatic N) is 1. The molecule has 1 fully saturated rings. The van der Waals surface area contributed by atoms with Gasteiger partial charge >= 0.3 is 0 Å². The fraction of sp³-hybridized carbons (Fsp3) is 0.625. The number of ketones is 1. The first kappa shape index (κ1) is 17.3. The summed E-state index contributed by atoms with van der Waals surface area (Å²) in [5.41, 5.74) is 0.747. The normalized spacial score (nSPS) is 25.3. The van der Waals surface area contributed by atoms with Crippen LogP contribution in [0, 0.1) is 13.8 Å². The zero-order valence-corrected chi connectivity index (χ0v) is 15.2. The van der Waals surface area contributed by atoms with Crippen LogP contribution in [0.3, 0.4) is 0 Å². The van der Waals surface area contributed by atoms with Crippen LogP contribution >= 0.6 is 11.3 Å². The van der Waals surface area contributed by atoms with E-state index in [1.165, 1.54) is 0 Å². The Hall–Kier alpha value is -1.01. The van der Waals surface area contributed by atoms with Gasteiger partial charge in [0.15, 0.2) is 5.78 Å². The third-order valence-electron chi connectivity index (χ3n) is 4.01. The predicted octanol–water partition coefficient (Wildman–Crippen LogP) is 2.70. The standard InChI is InChI=1S/C16H23NO3S2/c1-10-7-14(13(4)21-10)15(18)5-6-16(19)17-8-11(2)22(20)12(3)9-17/h7,11-12H,5-6,8-9H2,1-4H3. The monoisotopic (exact) mass is 341 g/mol. The molecule has 2 rings (SSSR count). The van der Waals surface area contributed by atoms with E-state index in [2.05, 4.69) is 0 Å². The third kappa shape index (κ3) is 3.84. The Morgan fingerprint density at radius 2 is 1.82 bits per heavy atom. The summed E-state index contributed by atoms with van der Waals surface area (Å²) in [6.45, 7) is 8.80. The van der Waals surface area contributed by atoms with Crippen LogP contribution < -0.4 is 0 Å². The van der Waals surface area contributed by atoms with Crippen LogP contribution in [0.5, 0.6) is 0 Å². The van der Waals surface area contributed by atoms with Gasteiger partial charge in [-0.25, -0.2) is 0 Å². The van der Waals surface area contributed by atoms with Gasteiger partial charge in [0.1, 0.15) is 0 Å². The first-order valence-electron chi connectivity index (χ1n) is 7.57. The molecular weight excluding hydrogens is 318 g/mol. The summed E-state index contributed by atoms with van der Waals surface area (Å²) in [6, 6.07) is 1.90. The quantitative estimate of drug-likeness (QED) is 0.791. The molecule has 0 bridgehead atoms. The number of thiophene rings is 1. The predicted molar refractivity (Wildman–Crippen MR) is 91.0 cm³/mol. The highest BCUT2D eigenvalue weighted by Gasteiger charge is 2.31. The lowest BCUT2D eigenvalue weighted by molar-refractivity contribution is -0.131. The molecule has 1 aromatic heterocycles. The zero-order valence-electron chi connectivity index (χ0n) is 13.5. The number of carbonyl (C=O) groups excluding carboxylic acids is 2. The Kier molecular flexibility index (Phi) is 5.55. The summed E-state index contributed by atoms with van der Waals surface area (Å²) < 4.78 is 11.9. The van der Waals surface area contributed by atoms with Gasteiger partial charge in [-0.1, -0.05) is 0 Å². The molecule has 0 saturated carbocycles. The van der Waals surface area contributed by atoms with Crippen molar-refractivity contribution in [2.45, 2.75) is 51.0 Å². The van der Waals surface area contributed by atoms with Crippen LogP contribution in [0.2, 0.25) is 0 Å². The number of hydrogen-bond acceptors (Lipinski definition) is 4. The van der Waals surface area contributed by atoms with Gasteiger partial charge < -0.3 is 4.90 Å². The topological polar surface area (TPSA) is 54.5 Å². The summed E-state index contributed by atoms with van der Waals surface area (Å²) >= 11 is 1.61. The molecule has 4 nitrogen and oxygen atoms in total. The van der Waals surface area contributed by atoms with Crippen molar-refractivity contribution in [1.82, 2.24) is 4.90 Å². The average Bonchev–Trinajstić information content (AvgIpc) is 2.80. The number of aryl methyl sites for hydroxylation is 2. The molecule has 0 spiro atoms. The van der Waals surface area contributed by atoms with E-state index >= 15 is 0 Å². The van der Waals surface area contributed by atoms with E-state index in [1.54, 1.807) is 16.2 Å². The minimum absolute atomic E-state index is 0.00479. The molecule has 1 aromatic rings. The summed E-state index contributed by atoms with van der Waals surface area (Å²) in [5, 5.41) is 0.00957. The molecule has 6 heteroatoms.